The molecule has 0 spiro atoms. The third kappa shape index (κ3) is 3.62. The van der Waals surface area contributed by atoms with E-state index in [9.17, 15) is 22.3 Å². The first-order valence-corrected chi connectivity index (χ1v) is 9.14. The fraction of sp³-hybridized carbons (Fsp3) is 0.467. The molecule has 0 aliphatic carbocycles. The number of nitrogens with zero attached hydrogens (tertiary/aromatic N) is 3. The van der Waals surface area contributed by atoms with Gasteiger partial charge in [-0.25, -0.2) is 26.9 Å². The number of benzene rings is 1. The standard InChI is InChI=1S/C15H19F2N3O3S/c1-3-6-24(22,23)11(2)15(21,8-20-10-18-9-19-20)13-5-4-12(16)7-14(13)17/h4-5,7,9-11,21H,3,6,8H2,1-2H3/t11-,15-/m1/s1. The van der Waals surface area contributed by atoms with E-state index in [1.54, 1.807) is 6.92 Å². The van der Waals surface area contributed by atoms with Gasteiger partial charge < -0.3 is 5.11 Å². The van der Waals surface area contributed by atoms with E-state index < -0.39 is 32.3 Å². The van der Waals surface area contributed by atoms with Crippen LogP contribution in [-0.2, 0) is 22.0 Å². The summed E-state index contributed by atoms with van der Waals surface area (Å²) in [6, 6.07) is 2.64. The lowest BCUT2D eigenvalue weighted by atomic mass is 9.90. The van der Waals surface area contributed by atoms with E-state index in [2.05, 4.69) is 10.1 Å². The molecule has 2 rings (SSSR count). The van der Waals surface area contributed by atoms with Gasteiger partial charge in [0, 0.05) is 11.6 Å². The maximum absolute atomic E-state index is 14.3. The maximum Gasteiger partial charge on any atom is 0.156 e. The Morgan fingerprint density at radius 1 is 1.38 bits per heavy atom. The van der Waals surface area contributed by atoms with Crippen molar-refractivity contribution in [3.63, 3.8) is 0 Å². The van der Waals surface area contributed by atoms with E-state index >= 15 is 0 Å². The van der Waals surface area contributed by atoms with Gasteiger partial charge in [-0.2, -0.15) is 5.10 Å². The third-order valence-electron chi connectivity index (χ3n) is 3.97. The fourth-order valence-electron chi connectivity index (χ4n) is 2.59. The monoisotopic (exact) mass is 359 g/mol. The molecule has 0 radical (unpaired) electrons. The topological polar surface area (TPSA) is 85.1 Å². The molecule has 6 nitrogen and oxygen atoms in total. The van der Waals surface area contributed by atoms with Crippen LogP contribution in [0.1, 0.15) is 25.8 Å². The number of sulfone groups is 1. The van der Waals surface area contributed by atoms with E-state index in [-0.39, 0.29) is 17.9 Å². The van der Waals surface area contributed by atoms with Crippen molar-refractivity contribution in [2.24, 2.45) is 0 Å². The number of aliphatic hydroxyl groups is 1. The smallest absolute Gasteiger partial charge is 0.156 e. The highest BCUT2D eigenvalue weighted by molar-refractivity contribution is 7.92. The van der Waals surface area contributed by atoms with Gasteiger partial charge >= 0.3 is 0 Å². The molecule has 1 aromatic heterocycles. The molecule has 0 bridgehead atoms. The Morgan fingerprint density at radius 3 is 2.62 bits per heavy atom. The van der Waals surface area contributed by atoms with Crippen molar-refractivity contribution in [1.82, 2.24) is 14.8 Å². The summed E-state index contributed by atoms with van der Waals surface area (Å²) in [5, 5.41) is 13.6. The first-order chi connectivity index (χ1) is 11.2. The van der Waals surface area contributed by atoms with Crippen LogP contribution < -0.4 is 0 Å². The molecule has 0 fully saturated rings. The Labute approximate surface area is 139 Å². The maximum atomic E-state index is 14.3. The fourth-order valence-corrected chi connectivity index (χ4v) is 4.31. The molecule has 0 amide bonds. The van der Waals surface area contributed by atoms with Gasteiger partial charge in [0.1, 0.15) is 29.9 Å². The largest absolute Gasteiger partial charge is 0.382 e. The van der Waals surface area contributed by atoms with Crippen LogP contribution in [0.5, 0.6) is 0 Å². The second kappa shape index (κ2) is 6.94. The molecule has 0 saturated heterocycles. The van der Waals surface area contributed by atoms with Crippen molar-refractivity contribution in [3.05, 3.63) is 48.1 Å². The van der Waals surface area contributed by atoms with Crippen LogP contribution in [0, 0.1) is 11.6 Å². The zero-order chi connectivity index (χ0) is 18.0. The molecular formula is C15H19F2N3O3S. The van der Waals surface area contributed by atoms with Crippen LogP contribution >= 0.6 is 0 Å². The molecule has 1 N–H and O–H groups in total. The van der Waals surface area contributed by atoms with E-state index in [1.807, 2.05) is 0 Å². The van der Waals surface area contributed by atoms with Crippen LogP contribution in [0.3, 0.4) is 0 Å². The summed E-state index contributed by atoms with van der Waals surface area (Å²) >= 11 is 0. The summed E-state index contributed by atoms with van der Waals surface area (Å²) in [6.07, 6.45) is 2.86. The second-order valence-electron chi connectivity index (χ2n) is 5.65. The Hall–Kier alpha value is -1.87. The predicted octanol–water partition coefficient (Wildman–Crippen LogP) is 1.66. The summed E-state index contributed by atoms with van der Waals surface area (Å²) in [7, 11) is -3.72. The molecule has 24 heavy (non-hydrogen) atoms. The molecule has 132 valence electrons. The van der Waals surface area contributed by atoms with E-state index in [0.29, 0.717) is 12.5 Å². The van der Waals surface area contributed by atoms with Gasteiger partial charge in [-0.3, -0.25) is 0 Å². The number of aromatic nitrogens is 3. The molecule has 0 unspecified atom stereocenters. The van der Waals surface area contributed by atoms with Crippen LogP contribution in [0.25, 0.3) is 0 Å². The Kier molecular flexibility index (Phi) is 5.34. The van der Waals surface area contributed by atoms with Gasteiger partial charge in [0.05, 0.1) is 17.5 Å². The minimum atomic E-state index is -3.72. The summed E-state index contributed by atoms with van der Waals surface area (Å²) < 4.78 is 53.6. The van der Waals surface area contributed by atoms with E-state index in [4.69, 9.17) is 0 Å². The number of hydrogen-bond acceptors (Lipinski definition) is 5. The van der Waals surface area contributed by atoms with Gasteiger partial charge in [0.2, 0.25) is 0 Å². The lowest BCUT2D eigenvalue weighted by molar-refractivity contribution is 0.0110. The molecule has 1 aromatic carbocycles. The van der Waals surface area contributed by atoms with Gasteiger partial charge in [0.15, 0.2) is 9.84 Å². The summed E-state index contributed by atoms with van der Waals surface area (Å²) in [5.74, 6) is -1.99. The van der Waals surface area contributed by atoms with Gasteiger partial charge in [0.25, 0.3) is 0 Å². The second-order valence-corrected chi connectivity index (χ2v) is 8.09. The summed E-state index contributed by atoms with van der Waals surface area (Å²) in [4.78, 5) is 3.73. The number of rotatable bonds is 7. The van der Waals surface area contributed by atoms with Gasteiger partial charge in [-0.15, -0.1) is 0 Å². The molecule has 2 atom stereocenters. The lowest BCUT2D eigenvalue weighted by Crippen LogP contribution is -2.47. The lowest BCUT2D eigenvalue weighted by Gasteiger charge is -2.34. The predicted molar refractivity (Wildman–Crippen MR) is 83.8 cm³/mol. The van der Waals surface area contributed by atoms with Crippen molar-refractivity contribution in [2.75, 3.05) is 5.75 Å². The zero-order valence-electron chi connectivity index (χ0n) is 13.4. The first kappa shape index (κ1) is 18.5. The highest BCUT2D eigenvalue weighted by Crippen LogP contribution is 2.33. The molecule has 9 heteroatoms. The summed E-state index contributed by atoms with van der Waals surface area (Å²) in [5.41, 5.74) is -2.42. The molecule has 0 saturated carbocycles. The first-order valence-electron chi connectivity index (χ1n) is 7.42. The highest BCUT2D eigenvalue weighted by Gasteiger charge is 2.45. The van der Waals surface area contributed by atoms with Crippen molar-refractivity contribution >= 4 is 9.84 Å². The van der Waals surface area contributed by atoms with Crippen LogP contribution in [0.4, 0.5) is 8.78 Å². The SMILES string of the molecule is CCCS(=O)(=O)[C@H](C)[C@](O)(Cn1cncn1)c1ccc(F)cc1F. The molecule has 1 heterocycles. The van der Waals surface area contributed by atoms with E-state index in [1.165, 1.54) is 24.3 Å². The van der Waals surface area contributed by atoms with Crippen molar-refractivity contribution in [2.45, 2.75) is 37.7 Å². The third-order valence-corrected chi connectivity index (χ3v) is 6.41. The normalized spacial score (nSPS) is 15.9. The Morgan fingerprint density at radius 2 is 2.08 bits per heavy atom. The zero-order valence-corrected chi connectivity index (χ0v) is 14.2. The van der Waals surface area contributed by atoms with Crippen LogP contribution in [-0.4, -0.2) is 39.3 Å². The Bertz CT molecular complexity index is 796. The van der Waals surface area contributed by atoms with Gasteiger partial charge in [-0.05, 0) is 19.4 Å². The van der Waals surface area contributed by atoms with Crippen LogP contribution in [0.15, 0.2) is 30.9 Å². The minimum absolute atomic E-state index is 0.156. The van der Waals surface area contributed by atoms with Crippen molar-refractivity contribution in [1.29, 1.82) is 0 Å². The quantitative estimate of drug-likeness (QED) is 0.813. The highest BCUT2D eigenvalue weighted by atomic mass is 32.2. The minimum Gasteiger partial charge on any atom is -0.382 e. The molecule has 0 aliphatic heterocycles. The molecular weight excluding hydrogens is 340 g/mol. The van der Waals surface area contributed by atoms with E-state index in [0.717, 1.165) is 12.1 Å². The number of hydrogen-bond donors (Lipinski definition) is 1. The average molecular weight is 359 g/mol. The summed E-state index contributed by atoms with van der Waals surface area (Å²) in [6.45, 7) is 2.67. The van der Waals surface area contributed by atoms with Crippen molar-refractivity contribution < 1.29 is 22.3 Å². The van der Waals surface area contributed by atoms with Crippen LogP contribution in [0.2, 0.25) is 0 Å². The molecule has 0 aliphatic rings. The molecule has 2 aromatic rings. The average Bonchev–Trinajstić information content (AvgIpc) is 2.98. The van der Waals surface area contributed by atoms with Crippen molar-refractivity contribution in [3.8, 4) is 0 Å². The number of halogens is 2. The van der Waals surface area contributed by atoms with Gasteiger partial charge in [-0.1, -0.05) is 13.0 Å². The Balaban J connectivity index is 2.56.